The molecule has 0 amide bonds. The molecule has 0 aliphatic heterocycles. The maximum atomic E-state index is 11.3. The van der Waals surface area contributed by atoms with Crippen LogP contribution in [0.25, 0.3) is 0 Å². The van der Waals surface area contributed by atoms with Crippen LogP contribution in [0.2, 0.25) is 0 Å². The summed E-state index contributed by atoms with van der Waals surface area (Å²) in [4.78, 5) is 11.3. The molecule has 1 unspecified atom stereocenters. The Morgan fingerprint density at radius 1 is 1.10 bits per heavy atom. The molecule has 1 atom stereocenters. The quantitative estimate of drug-likeness (QED) is 0.772. The van der Waals surface area contributed by atoms with Crippen LogP contribution in [0.3, 0.4) is 0 Å². The van der Waals surface area contributed by atoms with Gasteiger partial charge in [0.2, 0.25) is 0 Å². The summed E-state index contributed by atoms with van der Waals surface area (Å²) in [5.41, 5.74) is 3.42. The second-order valence-corrected chi connectivity index (χ2v) is 5.28. The Kier molecular flexibility index (Phi) is 3.55. The molecule has 2 heteroatoms. The number of ketones is 1. The summed E-state index contributed by atoms with van der Waals surface area (Å²) in [5.74, 6) is 0.913. The average Bonchev–Trinajstić information content (AvgIpc) is 2.48. The van der Waals surface area contributed by atoms with Crippen LogP contribution in [-0.4, -0.2) is 5.78 Å². The molecule has 102 valence electrons. The minimum absolute atomic E-state index is 0.0829. The van der Waals surface area contributed by atoms with Crippen molar-refractivity contribution in [2.75, 3.05) is 0 Å². The van der Waals surface area contributed by atoms with Gasteiger partial charge in [-0.1, -0.05) is 24.3 Å². The standard InChI is InChI=1S/C18H18O2/c1-13(19)14-9-11-16(12-10-14)20-18-8-4-6-15-5-2-3-7-17(15)18/h2-3,5,7,9-12,18H,4,6,8H2,1H3. The lowest BCUT2D eigenvalue weighted by Crippen LogP contribution is -2.15. The first-order valence-corrected chi connectivity index (χ1v) is 7.09. The number of ether oxygens (including phenoxy) is 1. The van der Waals surface area contributed by atoms with E-state index in [-0.39, 0.29) is 11.9 Å². The van der Waals surface area contributed by atoms with Gasteiger partial charge in [0, 0.05) is 5.56 Å². The van der Waals surface area contributed by atoms with Gasteiger partial charge >= 0.3 is 0 Å². The van der Waals surface area contributed by atoms with E-state index in [0.29, 0.717) is 0 Å². The van der Waals surface area contributed by atoms with Crippen molar-refractivity contribution in [2.45, 2.75) is 32.3 Å². The van der Waals surface area contributed by atoms with Crippen LogP contribution < -0.4 is 4.74 Å². The molecule has 0 radical (unpaired) electrons. The normalized spacial score (nSPS) is 17.4. The highest BCUT2D eigenvalue weighted by Gasteiger charge is 2.21. The summed E-state index contributed by atoms with van der Waals surface area (Å²) in [6, 6.07) is 15.9. The highest BCUT2D eigenvalue weighted by Crippen LogP contribution is 2.33. The van der Waals surface area contributed by atoms with Crippen LogP contribution in [0.5, 0.6) is 5.75 Å². The number of carbonyl (C=O) groups is 1. The number of hydrogen-bond donors (Lipinski definition) is 0. The van der Waals surface area contributed by atoms with Gasteiger partial charge in [-0.15, -0.1) is 0 Å². The lowest BCUT2D eigenvalue weighted by atomic mass is 9.89. The first-order chi connectivity index (χ1) is 9.74. The third-order valence-electron chi connectivity index (χ3n) is 3.85. The van der Waals surface area contributed by atoms with Gasteiger partial charge < -0.3 is 4.74 Å². The van der Waals surface area contributed by atoms with Crippen molar-refractivity contribution in [3.05, 3.63) is 65.2 Å². The molecule has 2 aromatic rings. The fourth-order valence-electron chi connectivity index (χ4n) is 2.76. The second kappa shape index (κ2) is 5.49. The van der Waals surface area contributed by atoms with Crippen LogP contribution in [0.1, 0.15) is 47.4 Å². The van der Waals surface area contributed by atoms with Crippen molar-refractivity contribution < 1.29 is 9.53 Å². The zero-order chi connectivity index (χ0) is 13.9. The van der Waals surface area contributed by atoms with E-state index in [9.17, 15) is 4.79 Å². The first-order valence-electron chi connectivity index (χ1n) is 7.09. The third-order valence-corrected chi connectivity index (χ3v) is 3.85. The smallest absolute Gasteiger partial charge is 0.159 e. The summed E-state index contributed by atoms with van der Waals surface area (Å²) in [6.07, 6.45) is 3.47. The van der Waals surface area contributed by atoms with Crippen molar-refractivity contribution >= 4 is 5.78 Å². The van der Waals surface area contributed by atoms with Crippen molar-refractivity contribution in [3.8, 4) is 5.75 Å². The molecule has 0 fully saturated rings. The monoisotopic (exact) mass is 266 g/mol. The molecule has 1 aliphatic rings. The number of rotatable bonds is 3. The fraction of sp³-hybridized carbons (Fsp3) is 0.278. The van der Waals surface area contributed by atoms with Crippen LogP contribution in [0, 0.1) is 0 Å². The lowest BCUT2D eigenvalue weighted by Gasteiger charge is -2.26. The Morgan fingerprint density at radius 2 is 1.85 bits per heavy atom. The zero-order valence-corrected chi connectivity index (χ0v) is 11.6. The van der Waals surface area contributed by atoms with Crippen LogP contribution in [0.4, 0.5) is 0 Å². The van der Waals surface area contributed by atoms with Gasteiger partial charge in [0.15, 0.2) is 5.78 Å². The number of benzene rings is 2. The first kappa shape index (κ1) is 12.9. The van der Waals surface area contributed by atoms with Gasteiger partial charge in [0.25, 0.3) is 0 Å². The van der Waals surface area contributed by atoms with E-state index in [1.807, 2.05) is 24.3 Å². The average molecular weight is 266 g/mol. The molecule has 0 heterocycles. The maximum Gasteiger partial charge on any atom is 0.159 e. The summed E-state index contributed by atoms with van der Waals surface area (Å²) in [7, 11) is 0. The summed E-state index contributed by atoms with van der Waals surface area (Å²) in [6.45, 7) is 1.58. The molecular formula is C18H18O2. The fourth-order valence-corrected chi connectivity index (χ4v) is 2.76. The highest BCUT2D eigenvalue weighted by atomic mass is 16.5. The molecule has 1 aliphatic carbocycles. The number of Topliss-reactive ketones (excluding diaryl/α,β-unsaturated/α-hetero) is 1. The van der Waals surface area contributed by atoms with E-state index >= 15 is 0 Å². The van der Waals surface area contributed by atoms with Gasteiger partial charge in [-0.05, 0) is 61.6 Å². The predicted molar refractivity (Wildman–Crippen MR) is 79.2 cm³/mol. The molecule has 0 bridgehead atoms. The molecule has 20 heavy (non-hydrogen) atoms. The zero-order valence-electron chi connectivity index (χ0n) is 11.6. The molecule has 0 saturated heterocycles. The van der Waals surface area contributed by atoms with E-state index in [1.165, 1.54) is 11.1 Å². The number of carbonyl (C=O) groups excluding carboxylic acids is 1. The van der Waals surface area contributed by atoms with Gasteiger partial charge in [-0.25, -0.2) is 0 Å². The number of aryl methyl sites for hydroxylation is 1. The molecule has 2 aromatic carbocycles. The largest absolute Gasteiger partial charge is 0.486 e. The topological polar surface area (TPSA) is 26.3 Å². The SMILES string of the molecule is CC(=O)c1ccc(OC2CCCc3ccccc32)cc1. The summed E-state index contributed by atoms with van der Waals surface area (Å²) < 4.78 is 6.11. The Morgan fingerprint density at radius 3 is 2.60 bits per heavy atom. The molecule has 0 N–H and O–H groups in total. The van der Waals surface area contributed by atoms with Crippen molar-refractivity contribution in [1.82, 2.24) is 0 Å². The Hall–Kier alpha value is -2.09. The predicted octanol–water partition coefficient (Wildman–Crippen LogP) is 4.35. The highest BCUT2D eigenvalue weighted by molar-refractivity contribution is 5.94. The maximum absolute atomic E-state index is 11.3. The van der Waals surface area contributed by atoms with Gasteiger partial charge in [0.05, 0.1) is 0 Å². The number of hydrogen-bond acceptors (Lipinski definition) is 2. The van der Waals surface area contributed by atoms with Crippen LogP contribution in [0.15, 0.2) is 48.5 Å². The van der Waals surface area contributed by atoms with E-state index in [4.69, 9.17) is 4.74 Å². The van der Waals surface area contributed by atoms with Crippen LogP contribution in [-0.2, 0) is 6.42 Å². The van der Waals surface area contributed by atoms with E-state index in [0.717, 1.165) is 30.6 Å². The number of fused-ring (bicyclic) bond motifs is 1. The molecule has 0 aromatic heterocycles. The van der Waals surface area contributed by atoms with Crippen molar-refractivity contribution in [1.29, 1.82) is 0 Å². The molecule has 0 saturated carbocycles. The molecule has 3 rings (SSSR count). The van der Waals surface area contributed by atoms with Gasteiger partial charge in [-0.3, -0.25) is 4.79 Å². The Bertz CT molecular complexity index is 614. The molecule has 0 spiro atoms. The minimum atomic E-state index is 0.0829. The van der Waals surface area contributed by atoms with E-state index in [1.54, 1.807) is 6.92 Å². The molecular weight excluding hydrogens is 248 g/mol. The Labute approximate surface area is 119 Å². The van der Waals surface area contributed by atoms with Crippen LogP contribution >= 0.6 is 0 Å². The van der Waals surface area contributed by atoms with E-state index in [2.05, 4.69) is 24.3 Å². The third kappa shape index (κ3) is 2.60. The van der Waals surface area contributed by atoms with Crippen molar-refractivity contribution in [3.63, 3.8) is 0 Å². The Balaban J connectivity index is 1.80. The van der Waals surface area contributed by atoms with Gasteiger partial charge in [0.1, 0.15) is 11.9 Å². The second-order valence-electron chi connectivity index (χ2n) is 5.28. The lowest BCUT2D eigenvalue weighted by molar-refractivity contribution is 0.101. The van der Waals surface area contributed by atoms with Gasteiger partial charge in [-0.2, -0.15) is 0 Å². The van der Waals surface area contributed by atoms with E-state index < -0.39 is 0 Å². The molecule has 2 nitrogen and oxygen atoms in total. The minimum Gasteiger partial charge on any atom is -0.486 e. The summed E-state index contributed by atoms with van der Waals surface area (Å²) >= 11 is 0. The summed E-state index contributed by atoms with van der Waals surface area (Å²) in [5, 5.41) is 0. The van der Waals surface area contributed by atoms with Crippen molar-refractivity contribution in [2.24, 2.45) is 0 Å².